The molecular weight excluding hydrogens is 282 g/mol. The quantitative estimate of drug-likeness (QED) is 0.731. The van der Waals surface area contributed by atoms with Crippen LogP contribution < -0.4 is 0 Å². The van der Waals surface area contributed by atoms with Crippen LogP contribution >= 0.6 is 0 Å². The minimum Gasteiger partial charge on any atom is -0.381 e. The summed E-state index contributed by atoms with van der Waals surface area (Å²) in [7, 11) is 0. The SMILES string of the molecule is c1cncc(-c2noc(Cn3ccnc3C3CCOC3)n2)c1. The van der Waals surface area contributed by atoms with E-state index in [-0.39, 0.29) is 0 Å². The number of nitrogens with zero attached hydrogens (tertiary/aromatic N) is 5. The number of imidazole rings is 1. The summed E-state index contributed by atoms with van der Waals surface area (Å²) in [6, 6.07) is 3.75. The Labute approximate surface area is 127 Å². The second kappa shape index (κ2) is 5.69. The zero-order valence-electron chi connectivity index (χ0n) is 11.9. The highest BCUT2D eigenvalue weighted by molar-refractivity contribution is 5.51. The van der Waals surface area contributed by atoms with Crippen LogP contribution in [-0.2, 0) is 11.3 Å². The predicted molar refractivity (Wildman–Crippen MR) is 77.0 cm³/mol. The molecular formula is C15H15N5O2. The van der Waals surface area contributed by atoms with E-state index in [0.29, 0.717) is 24.2 Å². The molecule has 1 aliphatic heterocycles. The van der Waals surface area contributed by atoms with Crippen molar-refractivity contribution in [2.24, 2.45) is 0 Å². The van der Waals surface area contributed by atoms with Crippen LogP contribution in [0.4, 0.5) is 0 Å². The summed E-state index contributed by atoms with van der Waals surface area (Å²) < 4.78 is 12.8. The standard InChI is InChI=1S/C15H15N5O2/c1-2-11(8-16-4-1)14-18-13(22-19-14)9-20-6-5-17-15(20)12-3-7-21-10-12/h1-2,4-6,8,12H,3,7,9-10H2. The van der Waals surface area contributed by atoms with Gasteiger partial charge in [-0.3, -0.25) is 4.98 Å². The summed E-state index contributed by atoms with van der Waals surface area (Å²) in [5.41, 5.74) is 0.840. The lowest BCUT2D eigenvalue weighted by Crippen LogP contribution is -2.10. The third-order valence-corrected chi connectivity index (χ3v) is 3.74. The molecule has 1 saturated heterocycles. The molecule has 7 heteroatoms. The number of aromatic nitrogens is 5. The van der Waals surface area contributed by atoms with Crippen LogP contribution in [0.25, 0.3) is 11.4 Å². The number of pyridine rings is 1. The molecule has 1 aliphatic rings. The van der Waals surface area contributed by atoms with Gasteiger partial charge in [0.1, 0.15) is 12.4 Å². The van der Waals surface area contributed by atoms with Crippen molar-refractivity contribution in [3.8, 4) is 11.4 Å². The Morgan fingerprint density at radius 1 is 1.32 bits per heavy atom. The van der Waals surface area contributed by atoms with Gasteiger partial charge in [-0.15, -0.1) is 0 Å². The van der Waals surface area contributed by atoms with Gasteiger partial charge in [0.2, 0.25) is 11.7 Å². The van der Waals surface area contributed by atoms with E-state index in [0.717, 1.165) is 31.0 Å². The molecule has 22 heavy (non-hydrogen) atoms. The minimum atomic E-state index is 0.343. The maximum atomic E-state index is 5.44. The normalized spacial score (nSPS) is 17.9. The highest BCUT2D eigenvalue weighted by Gasteiger charge is 2.22. The molecule has 1 fully saturated rings. The molecule has 1 atom stereocenters. The van der Waals surface area contributed by atoms with Crippen molar-refractivity contribution < 1.29 is 9.26 Å². The minimum absolute atomic E-state index is 0.343. The van der Waals surface area contributed by atoms with E-state index in [1.807, 2.05) is 22.9 Å². The van der Waals surface area contributed by atoms with Gasteiger partial charge < -0.3 is 13.8 Å². The molecule has 4 heterocycles. The third kappa shape index (κ3) is 2.50. The van der Waals surface area contributed by atoms with E-state index < -0.39 is 0 Å². The Morgan fingerprint density at radius 3 is 3.14 bits per heavy atom. The molecule has 4 rings (SSSR count). The van der Waals surface area contributed by atoms with E-state index in [1.54, 1.807) is 18.6 Å². The maximum Gasteiger partial charge on any atom is 0.246 e. The fourth-order valence-corrected chi connectivity index (χ4v) is 2.63. The number of ether oxygens (including phenoxy) is 1. The largest absolute Gasteiger partial charge is 0.381 e. The fraction of sp³-hybridized carbons (Fsp3) is 0.333. The van der Waals surface area contributed by atoms with Crippen molar-refractivity contribution in [3.05, 3.63) is 48.6 Å². The van der Waals surface area contributed by atoms with Crippen LogP contribution in [0.15, 0.2) is 41.4 Å². The molecule has 0 amide bonds. The zero-order chi connectivity index (χ0) is 14.8. The monoisotopic (exact) mass is 297 g/mol. The van der Waals surface area contributed by atoms with Gasteiger partial charge in [-0.1, -0.05) is 5.16 Å². The van der Waals surface area contributed by atoms with Crippen molar-refractivity contribution in [1.82, 2.24) is 24.7 Å². The third-order valence-electron chi connectivity index (χ3n) is 3.74. The Bertz CT molecular complexity index is 746. The summed E-state index contributed by atoms with van der Waals surface area (Å²) in [5.74, 6) is 2.46. The maximum absolute atomic E-state index is 5.44. The average molecular weight is 297 g/mol. The van der Waals surface area contributed by atoms with E-state index in [2.05, 4.69) is 20.1 Å². The lowest BCUT2D eigenvalue weighted by molar-refractivity contribution is 0.192. The van der Waals surface area contributed by atoms with Crippen molar-refractivity contribution in [2.45, 2.75) is 18.9 Å². The molecule has 112 valence electrons. The molecule has 3 aromatic heterocycles. The zero-order valence-corrected chi connectivity index (χ0v) is 11.9. The summed E-state index contributed by atoms with van der Waals surface area (Å²) in [6.45, 7) is 2.03. The van der Waals surface area contributed by atoms with Crippen LogP contribution in [0.3, 0.4) is 0 Å². The summed E-state index contributed by atoms with van der Waals surface area (Å²) in [5, 5.41) is 4.01. The lowest BCUT2D eigenvalue weighted by Gasteiger charge is -2.09. The lowest BCUT2D eigenvalue weighted by atomic mass is 10.1. The topological polar surface area (TPSA) is 78.9 Å². The first-order valence-corrected chi connectivity index (χ1v) is 7.22. The van der Waals surface area contributed by atoms with Crippen molar-refractivity contribution in [2.75, 3.05) is 13.2 Å². The van der Waals surface area contributed by atoms with Gasteiger partial charge in [0.15, 0.2) is 0 Å². The molecule has 0 aromatic carbocycles. The van der Waals surface area contributed by atoms with Crippen molar-refractivity contribution in [1.29, 1.82) is 0 Å². The van der Waals surface area contributed by atoms with Gasteiger partial charge in [-0.05, 0) is 18.6 Å². The Kier molecular flexibility index (Phi) is 3.40. The van der Waals surface area contributed by atoms with E-state index in [4.69, 9.17) is 9.26 Å². The highest BCUT2D eigenvalue weighted by atomic mass is 16.5. The fourth-order valence-electron chi connectivity index (χ4n) is 2.63. The molecule has 0 aliphatic carbocycles. The molecule has 7 nitrogen and oxygen atoms in total. The average Bonchev–Trinajstić information content (AvgIpc) is 3.30. The number of hydrogen-bond acceptors (Lipinski definition) is 6. The molecule has 0 saturated carbocycles. The van der Waals surface area contributed by atoms with Gasteiger partial charge >= 0.3 is 0 Å². The molecule has 0 N–H and O–H groups in total. The van der Waals surface area contributed by atoms with E-state index >= 15 is 0 Å². The summed E-state index contributed by atoms with van der Waals surface area (Å²) in [4.78, 5) is 12.9. The van der Waals surface area contributed by atoms with E-state index in [1.165, 1.54) is 0 Å². The van der Waals surface area contributed by atoms with Crippen molar-refractivity contribution >= 4 is 0 Å². The van der Waals surface area contributed by atoms with Crippen molar-refractivity contribution in [3.63, 3.8) is 0 Å². The van der Waals surface area contributed by atoms with Crippen LogP contribution in [0.2, 0.25) is 0 Å². The Balaban J connectivity index is 1.55. The van der Waals surface area contributed by atoms with E-state index in [9.17, 15) is 0 Å². The van der Waals surface area contributed by atoms with Gasteiger partial charge in [-0.2, -0.15) is 4.98 Å². The molecule has 0 spiro atoms. The first-order valence-electron chi connectivity index (χ1n) is 7.22. The summed E-state index contributed by atoms with van der Waals surface area (Å²) >= 11 is 0. The van der Waals surface area contributed by atoms with Crippen LogP contribution in [0.1, 0.15) is 24.1 Å². The smallest absolute Gasteiger partial charge is 0.246 e. The molecule has 3 aromatic rings. The number of rotatable bonds is 4. The van der Waals surface area contributed by atoms with Gasteiger partial charge in [0.05, 0.1) is 6.61 Å². The Hall–Kier alpha value is -2.54. The molecule has 1 unspecified atom stereocenters. The van der Waals surface area contributed by atoms with Crippen LogP contribution in [0.5, 0.6) is 0 Å². The van der Waals surface area contributed by atoms with Gasteiger partial charge in [0.25, 0.3) is 0 Å². The first-order chi connectivity index (χ1) is 10.9. The highest BCUT2D eigenvalue weighted by Crippen LogP contribution is 2.24. The second-order valence-corrected chi connectivity index (χ2v) is 5.23. The van der Waals surface area contributed by atoms with Crippen LogP contribution in [0, 0.1) is 0 Å². The first kappa shape index (κ1) is 13.1. The number of hydrogen-bond donors (Lipinski definition) is 0. The van der Waals surface area contributed by atoms with Gasteiger partial charge in [0, 0.05) is 42.9 Å². The van der Waals surface area contributed by atoms with Gasteiger partial charge in [-0.25, -0.2) is 4.98 Å². The Morgan fingerprint density at radius 2 is 2.32 bits per heavy atom. The summed E-state index contributed by atoms with van der Waals surface area (Å²) in [6.07, 6.45) is 8.16. The predicted octanol–water partition coefficient (Wildman–Crippen LogP) is 1.88. The second-order valence-electron chi connectivity index (χ2n) is 5.23. The molecule has 0 radical (unpaired) electrons. The molecule has 0 bridgehead atoms. The van der Waals surface area contributed by atoms with Crippen LogP contribution in [-0.4, -0.2) is 37.9 Å².